The first-order chi connectivity index (χ1) is 31.3. The van der Waals surface area contributed by atoms with E-state index in [2.05, 4.69) is 101 Å². The highest BCUT2D eigenvalue weighted by molar-refractivity contribution is 5.98. The minimum absolute atomic E-state index is 0.0273. The minimum atomic E-state index is -0.599. The number of imidazole rings is 1. The van der Waals surface area contributed by atoms with Gasteiger partial charge in [0.15, 0.2) is 0 Å². The van der Waals surface area contributed by atoms with Crippen molar-refractivity contribution < 1.29 is 16.1 Å². The van der Waals surface area contributed by atoms with Crippen molar-refractivity contribution in [1.82, 2.24) is 14.5 Å². The predicted octanol–water partition coefficient (Wildman–Crippen LogP) is 14.7. The second kappa shape index (κ2) is 14.8. The van der Waals surface area contributed by atoms with Crippen molar-refractivity contribution in [3.05, 3.63) is 168 Å². The summed E-state index contributed by atoms with van der Waals surface area (Å²) in [6, 6.07) is 28.9. The van der Waals surface area contributed by atoms with Crippen LogP contribution in [0.25, 0.3) is 72.7 Å². The van der Waals surface area contributed by atoms with E-state index in [1.165, 1.54) is 5.56 Å². The van der Waals surface area contributed by atoms with Crippen LogP contribution in [0.3, 0.4) is 0 Å². The summed E-state index contributed by atoms with van der Waals surface area (Å²) in [5.74, 6) is 0.669. The van der Waals surface area contributed by atoms with Crippen LogP contribution < -0.4 is 0 Å². The van der Waals surface area contributed by atoms with Gasteiger partial charge in [-0.3, -0.25) is 9.55 Å². The molecule has 0 unspecified atom stereocenters. The first kappa shape index (κ1) is 30.8. The molecule has 0 aliphatic carbocycles. The lowest BCUT2D eigenvalue weighted by Gasteiger charge is -2.40. The highest BCUT2D eigenvalue weighted by Gasteiger charge is 2.35. The Morgan fingerprint density at radius 3 is 2.05 bits per heavy atom. The molecule has 59 heavy (non-hydrogen) atoms. The monoisotopic (exact) mass is 781 g/mol. The normalized spacial score (nSPS) is 14.2. The first-order valence-corrected chi connectivity index (χ1v) is 20.1. The highest BCUT2D eigenvalue weighted by atomic mass is 16.3. The lowest BCUT2D eigenvalue weighted by molar-refractivity contribution is 0.225. The van der Waals surface area contributed by atoms with Crippen LogP contribution in [-0.2, 0) is 10.8 Å². The van der Waals surface area contributed by atoms with E-state index >= 15 is 0 Å². The standard InChI is InChI=1S/C55H55N3O/c1-35-28-36(2)51(59)46(29-35)52-57-50-44(40-30-41(32-43(31-40)53(3,4)5)47-33-39(26-27-56-47)37-18-13-11-14-19-37)22-17-23-49(50)58(52)48-25-24-42(55(9,10)54(6,7)8)34-45(48)38-20-15-12-16-21-38/h11-34,59H,1-10H3/i11D,13D,14D,18D,19D,26D,27D,33D. The van der Waals surface area contributed by atoms with Gasteiger partial charge in [-0.25, -0.2) is 4.98 Å². The van der Waals surface area contributed by atoms with Crippen molar-refractivity contribution in [3.8, 4) is 67.5 Å². The smallest absolute Gasteiger partial charge is 0.149 e. The van der Waals surface area contributed by atoms with Crippen LogP contribution in [0, 0.1) is 19.3 Å². The van der Waals surface area contributed by atoms with Gasteiger partial charge in [0, 0.05) is 22.9 Å². The number of pyridine rings is 1. The number of nitrogens with zero attached hydrogens (tertiary/aromatic N) is 3. The van der Waals surface area contributed by atoms with Crippen molar-refractivity contribution in [2.75, 3.05) is 0 Å². The SMILES string of the molecule is [2H]c1nc(-c2cc(-c3cccc4c3nc(-c3cc(C)cc(C)c3O)n4-c3ccc(C(C)(C)C(C)(C)C)cc3-c3ccccc3)cc(C(C)(C)C)c2)c([2H])c(-c2c([2H])c([2H])c([2H])c([2H])c2[2H])c1[2H]. The Bertz CT molecular complexity index is 3280. The van der Waals surface area contributed by atoms with E-state index in [-0.39, 0.29) is 39.4 Å². The van der Waals surface area contributed by atoms with Crippen LogP contribution in [0.4, 0.5) is 0 Å². The van der Waals surface area contributed by atoms with Gasteiger partial charge in [0.2, 0.25) is 0 Å². The zero-order valence-electron chi connectivity index (χ0n) is 43.5. The van der Waals surface area contributed by atoms with E-state index in [9.17, 15) is 6.48 Å². The molecule has 0 atom stereocenters. The molecule has 0 aliphatic rings. The molecular weight excluding hydrogens is 719 g/mol. The third-order valence-electron chi connectivity index (χ3n) is 12.0. The summed E-state index contributed by atoms with van der Waals surface area (Å²) in [6.07, 6.45) is -0.500. The predicted molar refractivity (Wildman–Crippen MR) is 248 cm³/mol. The largest absolute Gasteiger partial charge is 0.507 e. The molecular formula is C55H55N3O. The number of aromatic hydroxyl groups is 1. The molecule has 296 valence electrons. The van der Waals surface area contributed by atoms with Crippen molar-refractivity contribution in [3.63, 3.8) is 0 Å². The Morgan fingerprint density at radius 2 is 1.34 bits per heavy atom. The molecule has 0 saturated carbocycles. The van der Waals surface area contributed by atoms with Gasteiger partial charge in [-0.1, -0.05) is 146 Å². The molecule has 0 saturated heterocycles. The summed E-state index contributed by atoms with van der Waals surface area (Å²) >= 11 is 0. The highest BCUT2D eigenvalue weighted by Crippen LogP contribution is 2.46. The number of aromatic nitrogens is 3. The van der Waals surface area contributed by atoms with Crippen LogP contribution in [-0.4, -0.2) is 19.6 Å². The van der Waals surface area contributed by atoms with Crippen LogP contribution in [0.1, 0.15) is 88.6 Å². The van der Waals surface area contributed by atoms with E-state index in [0.29, 0.717) is 22.5 Å². The number of benzene rings is 6. The number of hydrogen-bond acceptors (Lipinski definition) is 3. The molecule has 8 aromatic rings. The zero-order chi connectivity index (χ0) is 48.8. The molecule has 2 heterocycles. The fourth-order valence-corrected chi connectivity index (χ4v) is 7.60. The maximum absolute atomic E-state index is 11.9. The molecule has 6 aromatic carbocycles. The number of fused-ring (bicyclic) bond motifs is 1. The summed E-state index contributed by atoms with van der Waals surface area (Å²) < 4.78 is 71.5. The maximum Gasteiger partial charge on any atom is 0.149 e. The summed E-state index contributed by atoms with van der Waals surface area (Å²) in [5, 5.41) is 11.9. The summed E-state index contributed by atoms with van der Waals surface area (Å²) in [7, 11) is 0. The van der Waals surface area contributed by atoms with Gasteiger partial charge in [0.1, 0.15) is 11.6 Å². The zero-order valence-corrected chi connectivity index (χ0v) is 35.5. The molecule has 0 bridgehead atoms. The minimum Gasteiger partial charge on any atom is -0.507 e. The second-order valence-corrected chi connectivity index (χ2v) is 18.1. The van der Waals surface area contributed by atoms with Crippen molar-refractivity contribution in [2.45, 2.75) is 80.1 Å². The number of phenolic OH excluding ortho intramolecular Hbond substituents is 1. The van der Waals surface area contributed by atoms with Gasteiger partial charge in [-0.2, -0.15) is 0 Å². The lowest BCUT2D eigenvalue weighted by atomic mass is 9.65. The van der Waals surface area contributed by atoms with E-state index in [1.54, 1.807) is 0 Å². The Labute approximate surface area is 361 Å². The van der Waals surface area contributed by atoms with Crippen LogP contribution in [0.5, 0.6) is 5.75 Å². The molecule has 0 aliphatic heterocycles. The average molecular weight is 782 g/mol. The molecule has 8 rings (SSSR count). The Hall–Kier alpha value is -6.26. The van der Waals surface area contributed by atoms with Gasteiger partial charge < -0.3 is 5.11 Å². The molecule has 0 spiro atoms. The summed E-state index contributed by atoms with van der Waals surface area (Å²) in [5.41, 5.74) is 9.30. The van der Waals surface area contributed by atoms with E-state index in [0.717, 1.165) is 50.1 Å². The molecule has 4 heteroatoms. The van der Waals surface area contributed by atoms with Crippen molar-refractivity contribution in [2.24, 2.45) is 5.41 Å². The van der Waals surface area contributed by atoms with Gasteiger partial charge >= 0.3 is 0 Å². The molecule has 4 nitrogen and oxygen atoms in total. The van der Waals surface area contributed by atoms with Crippen LogP contribution in [0.2, 0.25) is 0 Å². The second-order valence-electron chi connectivity index (χ2n) is 18.1. The van der Waals surface area contributed by atoms with E-state index in [1.807, 2.05) is 74.5 Å². The van der Waals surface area contributed by atoms with Crippen LogP contribution in [0.15, 0.2) is 146 Å². The van der Waals surface area contributed by atoms with Crippen LogP contribution >= 0.6 is 0 Å². The van der Waals surface area contributed by atoms with Crippen molar-refractivity contribution in [1.29, 1.82) is 0 Å². The number of para-hydroxylation sites is 1. The first-order valence-electron chi connectivity index (χ1n) is 24.1. The molecule has 0 amide bonds. The Balaban J connectivity index is 1.45. The number of hydrogen-bond donors (Lipinski definition) is 1. The van der Waals surface area contributed by atoms with E-state index in [4.69, 9.17) is 14.6 Å². The fourth-order valence-electron chi connectivity index (χ4n) is 7.60. The number of rotatable bonds is 7. The third-order valence-corrected chi connectivity index (χ3v) is 12.0. The summed E-state index contributed by atoms with van der Waals surface area (Å²) in [6.45, 7) is 21.4. The topological polar surface area (TPSA) is 50.9 Å². The molecule has 0 radical (unpaired) electrons. The summed E-state index contributed by atoms with van der Waals surface area (Å²) in [4.78, 5) is 9.92. The maximum atomic E-state index is 11.9. The molecule has 2 aromatic heterocycles. The van der Waals surface area contributed by atoms with Gasteiger partial charge in [0.25, 0.3) is 0 Å². The van der Waals surface area contributed by atoms with Gasteiger partial charge in [0.05, 0.1) is 38.9 Å². The number of phenols is 1. The average Bonchev–Trinajstić information content (AvgIpc) is 3.67. The number of aryl methyl sites for hydroxylation is 2. The lowest BCUT2D eigenvalue weighted by Crippen LogP contribution is -2.34. The Morgan fingerprint density at radius 1 is 0.610 bits per heavy atom. The van der Waals surface area contributed by atoms with E-state index < -0.39 is 47.8 Å². The molecule has 0 fully saturated rings. The quantitative estimate of drug-likeness (QED) is 0.175. The molecule has 1 N–H and O–H groups in total. The fraction of sp³-hybridized carbons (Fsp3) is 0.236. The Kier molecular flexibility index (Phi) is 7.74. The third kappa shape index (κ3) is 7.38. The van der Waals surface area contributed by atoms with Gasteiger partial charge in [-0.05, 0) is 123 Å². The van der Waals surface area contributed by atoms with Crippen molar-refractivity contribution >= 4 is 11.0 Å². The van der Waals surface area contributed by atoms with Gasteiger partial charge in [-0.15, -0.1) is 0 Å².